The maximum absolute atomic E-state index is 9.33. The van der Waals surface area contributed by atoms with Gasteiger partial charge in [-0.15, -0.1) is 0 Å². The molecule has 0 atom stereocenters. The molecule has 1 aromatic heterocycles. The zero-order valence-corrected chi connectivity index (χ0v) is 26.6. The van der Waals surface area contributed by atoms with Gasteiger partial charge in [-0.2, -0.15) is 10.5 Å². The molecule has 7 aromatic rings. The van der Waals surface area contributed by atoms with Crippen LogP contribution in [0.2, 0.25) is 0 Å². The minimum atomic E-state index is 0.278. The van der Waals surface area contributed by atoms with Gasteiger partial charge in [0.05, 0.1) is 62.8 Å². The minimum absolute atomic E-state index is 0.278. The summed E-state index contributed by atoms with van der Waals surface area (Å²) in [4.78, 5) is 15.2. The van der Waals surface area contributed by atoms with Crippen LogP contribution in [0.4, 0.5) is 5.69 Å². The maximum Gasteiger partial charge on any atom is 0.0991 e. The summed E-state index contributed by atoms with van der Waals surface area (Å²) < 4.78 is 0. The molecule has 0 amide bonds. The molecule has 0 saturated carbocycles. The minimum Gasteiger partial charge on any atom is -0.298 e. The molecular formula is C43H28N6. The number of aromatic nitrogens is 2. The molecule has 1 N–H and O–H groups in total. The van der Waals surface area contributed by atoms with Gasteiger partial charge < -0.3 is 0 Å². The van der Waals surface area contributed by atoms with Gasteiger partial charge in [0.25, 0.3) is 0 Å². The summed E-state index contributed by atoms with van der Waals surface area (Å²) in [5.41, 5.74) is 12.1. The predicted octanol–water partition coefficient (Wildman–Crippen LogP) is 9.87. The number of nitrogens with zero attached hydrogens (tertiary/aromatic N) is 5. The molecule has 230 valence electrons. The van der Waals surface area contributed by atoms with Crippen molar-refractivity contribution in [2.45, 2.75) is 6.92 Å². The van der Waals surface area contributed by atoms with Crippen LogP contribution in [0.3, 0.4) is 0 Å². The van der Waals surface area contributed by atoms with Crippen molar-refractivity contribution in [3.8, 4) is 45.8 Å². The van der Waals surface area contributed by atoms with E-state index in [0.29, 0.717) is 22.4 Å². The first-order valence-corrected chi connectivity index (χ1v) is 15.7. The Kier molecular flexibility index (Phi) is 8.36. The monoisotopic (exact) mass is 628 g/mol. The van der Waals surface area contributed by atoms with Crippen LogP contribution in [-0.4, -0.2) is 21.4 Å². The fourth-order valence-electron chi connectivity index (χ4n) is 5.72. The Morgan fingerprint density at radius 3 is 1.71 bits per heavy atom. The predicted molar refractivity (Wildman–Crippen MR) is 196 cm³/mol. The number of hydrogen-bond acceptors (Lipinski definition) is 6. The summed E-state index contributed by atoms with van der Waals surface area (Å²) in [6, 6.07) is 50.7. The molecular weight excluding hydrogens is 601 g/mol. The molecule has 0 radical (unpaired) electrons. The van der Waals surface area contributed by atoms with Crippen molar-refractivity contribution < 1.29 is 0 Å². The summed E-state index contributed by atoms with van der Waals surface area (Å²) in [5, 5.41) is 27.6. The number of rotatable bonds is 7. The van der Waals surface area contributed by atoms with Gasteiger partial charge in [-0.25, -0.2) is 15.0 Å². The number of aryl methyl sites for hydroxylation is 1. The highest BCUT2D eigenvalue weighted by Crippen LogP contribution is 2.34. The van der Waals surface area contributed by atoms with E-state index in [4.69, 9.17) is 20.4 Å². The Morgan fingerprint density at radius 1 is 0.551 bits per heavy atom. The Morgan fingerprint density at radius 2 is 1.08 bits per heavy atom. The molecule has 0 saturated heterocycles. The van der Waals surface area contributed by atoms with E-state index in [1.165, 1.54) is 0 Å². The first-order chi connectivity index (χ1) is 24.0. The second kappa shape index (κ2) is 13.4. The summed E-state index contributed by atoms with van der Waals surface area (Å²) in [7, 11) is 0. The van der Waals surface area contributed by atoms with E-state index in [2.05, 4.69) is 30.3 Å². The van der Waals surface area contributed by atoms with E-state index in [9.17, 15) is 10.5 Å². The quantitative estimate of drug-likeness (QED) is 0.177. The van der Waals surface area contributed by atoms with Gasteiger partial charge in [0.1, 0.15) is 0 Å². The Bertz CT molecular complexity index is 2450. The highest BCUT2D eigenvalue weighted by atomic mass is 14.8. The highest BCUT2D eigenvalue weighted by Gasteiger charge is 2.16. The molecule has 0 aliphatic rings. The number of nitrogens with one attached hydrogen (secondary N) is 1. The van der Waals surface area contributed by atoms with Crippen LogP contribution in [0.25, 0.3) is 44.7 Å². The molecule has 1 heterocycles. The number of hydrogen-bond donors (Lipinski definition) is 1. The van der Waals surface area contributed by atoms with Crippen LogP contribution in [0, 0.1) is 35.0 Å². The molecule has 0 fully saturated rings. The molecule has 7 rings (SSSR count). The SMILES string of the molecule is Cc1cc(-c2ccc3nc(-c4ccccc4)c(-c4ccc(C#N)cc4)nc3c2)ccc1N=C(C(=N)c1ccc(C#N)cc1)c1ccccc1. The number of benzene rings is 6. The first kappa shape index (κ1) is 30.6. The third kappa shape index (κ3) is 6.36. The van der Waals surface area contributed by atoms with Crippen molar-refractivity contribution in [1.82, 2.24) is 9.97 Å². The van der Waals surface area contributed by atoms with Gasteiger partial charge in [-0.1, -0.05) is 97.1 Å². The van der Waals surface area contributed by atoms with Gasteiger partial charge in [0.15, 0.2) is 0 Å². The summed E-state index contributed by atoms with van der Waals surface area (Å²) in [5.74, 6) is 0. The van der Waals surface area contributed by atoms with Crippen molar-refractivity contribution in [2.75, 3.05) is 0 Å². The van der Waals surface area contributed by atoms with E-state index in [1.807, 2.05) is 97.9 Å². The maximum atomic E-state index is 9.33. The molecule has 0 spiro atoms. The van der Waals surface area contributed by atoms with Gasteiger partial charge in [0, 0.05) is 22.3 Å². The normalized spacial score (nSPS) is 11.1. The van der Waals surface area contributed by atoms with Crippen LogP contribution in [0.5, 0.6) is 0 Å². The van der Waals surface area contributed by atoms with Crippen molar-refractivity contribution in [1.29, 1.82) is 15.9 Å². The van der Waals surface area contributed by atoms with Crippen molar-refractivity contribution >= 4 is 28.1 Å². The molecule has 0 bridgehead atoms. The topological polar surface area (TPSA) is 110 Å². The van der Waals surface area contributed by atoms with E-state index in [-0.39, 0.29) is 5.71 Å². The highest BCUT2D eigenvalue weighted by molar-refractivity contribution is 6.52. The molecule has 0 unspecified atom stereocenters. The van der Waals surface area contributed by atoms with Gasteiger partial charge in [0.2, 0.25) is 0 Å². The fraction of sp³-hybridized carbons (Fsp3) is 0.0233. The van der Waals surface area contributed by atoms with Crippen molar-refractivity contribution in [3.63, 3.8) is 0 Å². The van der Waals surface area contributed by atoms with E-state index < -0.39 is 0 Å². The molecule has 0 aliphatic carbocycles. The zero-order valence-electron chi connectivity index (χ0n) is 26.6. The lowest BCUT2D eigenvalue weighted by atomic mass is 9.98. The van der Waals surface area contributed by atoms with Crippen LogP contribution >= 0.6 is 0 Å². The number of nitriles is 2. The van der Waals surface area contributed by atoms with E-state index in [0.717, 1.165) is 61.5 Å². The second-order valence-electron chi connectivity index (χ2n) is 11.6. The smallest absolute Gasteiger partial charge is 0.0991 e. The van der Waals surface area contributed by atoms with Crippen LogP contribution in [0.15, 0.2) is 151 Å². The van der Waals surface area contributed by atoms with Crippen molar-refractivity contribution in [2.24, 2.45) is 4.99 Å². The van der Waals surface area contributed by atoms with Gasteiger partial charge in [-0.05, 0) is 72.1 Å². The van der Waals surface area contributed by atoms with Gasteiger partial charge in [-0.3, -0.25) is 5.41 Å². The Hall–Kier alpha value is -7.02. The Labute approximate surface area is 284 Å². The molecule has 6 nitrogen and oxygen atoms in total. The second-order valence-corrected chi connectivity index (χ2v) is 11.6. The van der Waals surface area contributed by atoms with Crippen LogP contribution in [0.1, 0.15) is 27.8 Å². The van der Waals surface area contributed by atoms with Crippen molar-refractivity contribution in [3.05, 3.63) is 173 Å². The lowest BCUT2D eigenvalue weighted by Crippen LogP contribution is -2.16. The fourth-order valence-corrected chi connectivity index (χ4v) is 5.72. The van der Waals surface area contributed by atoms with E-state index >= 15 is 0 Å². The lowest BCUT2D eigenvalue weighted by Gasteiger charge is -2.13. The summed E-state index contributed by atoms with van der Waals surface area (Å²) in [6.45, 7) is 2.02. The Balaban J connectivity index is 1.28. The van der Waals surface area contributed by atoms with Gasteiger partial charge >= 0.3 is 0 Å². The lowest BCUT2D eigenvalue weighted by molar-refractivity contribution is 1.29. The zero-order chi connectivity index (χ0) is 33.7. The third-order valence-electron chi connectivity index (χ3n) is 8.35. The molecule has 6 heteroatoms. The average Bonchev–Trinajstić information content (AvgIpc) is 3.17. The van der Waals surface area contributed by atoms with E-state index in [1.54, 1.807) is 36.4 Å². The van der Waals surface area contributed by atoms with Crippen LogP contribution in [-0.2, 0) is 0 Å². The number of fused-ring (bicyclic) bond motifs is 1. The molecule has 49 heavy (non-hydrogen) atoms. The van der Waals surface area contributed by atoms with Crippen LogP contribution < -0.4 is 0 Å². The average molecular weight is 629 g/mol. The third-order valence-corrected chi connectivity index (χ3v) is 8.35. The molecule has 6 aromatic carbocycles. The largest absolute Gasteiger partial charge is 0.298 e. The number of aliphatic imine (C=N–C) groups is 1. The standard InChI is InChI=1S/C43H28N6/c1-28-24-35(20-22-37(28)47-41(32-8-4-2-5-9-32)40(46)31-16-12-29(26-44)13-17-31)36-21-23-38-39(25-36)49-43(34-18-14-30(27-45)15-19-34)42(48-38)33-10-6-3-7-11-33/h2-25,46H,1H3. The molecule has 0 aliphatic heterocycles. The summed E-state index contributed by atoms with van der Waals surface area (Å²) >= 11 is 0. The first-order valence-electron chi connectivity index (χ1n) is 15.7. The summed E-state index contributed by atoms with van der Waals surface area (Å²) in [6.07, 6.45) is 0.